The van der Waals surface area contributed by atoms with Crippen LogP contribution in [-0.2, 0) is 9.59 Å². The van der Waals surface area contributed by atoms with E-state index in [-0.39, 0.29) is 17.9 Å². The van der Waals surface area contributed by atoms with Crippen molar-refractivity contribution in [3.8, 4) is 0 Å². The van der Waals surface area contributed by atoms with Crippen LogP contribution in [0.15, 0.2) is 16.8 Å². The Balaban J connectivity index is 2.86. The molecule has 10 heavy (non-hydrogen) atoms. The predicted octanol–water partition coefficient (Wildman–Crippen LogP) is -0.00150. The van der Waals surface area contributed by atoms with Gasteiger partial charge in [-0.25, -0.2) is 4.79 Å². The Labute approximate surface area is 56.9 Å². The van der Waals surface area contributed by atoms with Gasteiger partial charge in [0.25, 0.3) is 0 Å². The fourth-order valence-corrected chi connectivity index (χ4v) is 0.600. The molecule has 1 rings (SSSR count). The number of carboxylic acids is 1. The highest BCUT2D eigenvalue weighted by Gasteiger charge is 2.10. The highest BCUT2D eigenvalue weighted by molar-refractivity contribution is 6.07. The van der Waals surface area contributed by atoms with E-state index in [1.807, 2.05) is 0 Å². The Kier molecular flexibility index (Phi) is 1.62. The molecule has 0 saturated heterocycles. The van der Waals surface area contributed by atoms with E-state index in [4.69, 9.17) is 5.11 Å². The van der Waals surface area contributed by atoms with Crippen molar-refractivity contribution < 1.29 is 14.7 Å². The summed E-state index contributed by atoms with van der Waals surface area (Å²) in [7, 11) is 0. The summed E-state index contributed by atoms with van der Waals surface area (Å²) in [5.41, 5.74) is -0.184. The third-order valence-corrected chi connectivity index (χ3v) is 1.04. The molecule has 1 N–H and O–H groups in total. The van der Waals surface area contributed by atoms with Gasteiger partial charge in [0.05, 0.1) is 0 Å². The number of carboxylic acid groups (broad SMARTS) is 1. The zero-order chi connectivity index (χ0) is 7.56. The van der Waals surface area contributed by atoms with Gasteiger partial charge < -0.3 is 5.11 Å². The molecule has 0 fully saturated rings. The van der Waals surface area contributed by atoms with Crippen molar-refractivity contribution in [1.82, 2.24) is 0 Å². The minimum atomic E-state index is -1.16. The number of rotatable bonds is 1. The molecule has 0 saturated carbocycles. The van der Waals surface area contributed by atoms with Crippen LogP contribution in [0.5, 0.6) is 0 Å². The first-order chi connectivity index (χ1) is 4.70. The van der Waals surface area contributed by atoms with Crippen LogP contribution in [0.2, 0.25) is 0 Å². The molecule has 4 nitrogen and oxygen atoms in total. The number of nitrogens with zero attached hydrogens (tertiary/aromatic N) is 1. The number of aliphatic carboxylic acids is 1. The van der Waals surface area contributed by atoms with Crippen molar-refractivity contribution in [1.29, 1.82) is 0 Å². The quantitative estimate of drug-likeness (QED) is 0.556. The van der Waals surface area contributed by atoms with E-state index in [0.29, 0.717) is 0 Å². The Morgan fingerprint density at radius 1 is 1.70 bits per heavy atom. The summed E-state index contributed by atoms with van der Waals surface area (Å²) in [6.45, 7) is 0. The average molecular weight is 139 g/mol. The van der Waals surface area contributed by atoms with Gasteiger partial charge in [0.1, 0.15) is 0 Å². The molecule has 1 aliphatic rings. The minimum Gasteiger partial charge on any atom is -0.477 e. The lowest BCUT2D eigenvalue weighted by atomic mass is 10.2. The standard InChI is InChI=1S/C6H5NO3/c8-4-1-2-7-5(3-4)6(9)10/h2-3H,1H2,(H,9,10). The lowest BCUT2D eigenvalue weighted by Crippen LogP contribution is -2.07. The molecule has 0 aliphatic carbocycles. The predicted molar refractivity (Wildman–Crippen MR) is 33.8 cm³/mol. The monoisotopic (exact) mass is 139 g/mol. The molecule has 0 atom stereocenters. The van der Waals surface area contributed by atoms with Gasteiger partial charge in [0.15, 0.2) is 11.5 Å². The number of carbonyl (C=O) groups excluding carboxylic acids is 1. The molecule has 1 aliphatic heterocycles. The number of hydrogen-bond acceptors (Lipinski definition) is 3. The molecule has 4 heteroatoms. The topological polar surface area (TPSA) is 66.7 Å². The second-order valence-corrected chi connectivity index (χ2v) is 1.82. The normalized spacial score (nSPS) is 16.8. The molecule has 0 amide bonds. The third kappa shape index (κ3) is 1.28. The number of hydrogen-bond donors (Lipinski definition) is 1. The summed E-state index contributed by atoms with van der Waals surface area (Å²) in [5.74, 6) is -1.38. The Bertz CT molecular complexity index is 237. The van der Waals surface area contributed by atoms with E-state index in [9.17, 15) is 9.59 Å². The summed E-state index contributed by atoms with van der Waals surface area (Å²) in [4.78, 5) is 24.2. The molecule has 52 valence electrons. The maximum atomic E-state index is 10.5. The maximum absolute atomic E-state index is 10.5. The van der Waals surface area contributed by atoms with Crippen LogP contribution in [0, 0.1) is 0 Å². The van der Waals surface area contributed by atoms with Gasteiger partial charge in [0.2, 0.25) is 0 Å². The maximum Gasteiger partial charge on any atom is 0.354 e. The minimum absolute atomic E-state index is 0.184. The second kappa shape index (κ2) is 2.43. The summed E-state index contributed by atoms with van der Waals surface area (Å²) in [6, 6.07) is 0. The van der Waals surface area contributed by atoms with Gasteiger partial charge in [-0.1, -0.05) is 0 Å². The first-order valence-corrected chi connectivity index (χ1v) is 2.70. The second-order valence-electron chi connectivity index (χ2n) is 1.82. The van der Waals surface area contributed by atoms with E-state index < -0.39 is 5.97 Å². The van der Waals surface area contributed by atoms with Crippen LogP contribution < -0.4 is 0 Å². The fraction of sp³-hybridized carbons (Fsp3) is 0.167. The van der Waals surface area contributed by atoms with E-state index in [0.717, 1.165) is 6.08 Å². The van der Waals surface area contributed by atoms with E-state index in [1.54, 1.807) is 0 Å². The van der Waals surface area contributed by atoms with Crippen molar-refractivity contribution in [2.24, 2.45) is 4.99 Å². The smallest absolute Gasteiger partial charge is 0.354 e. The van der Waals surface area contributed by atoms with Crippen molar-refractivity contribution in [3.05, 3.63) is 11.8 Å². The highest BCUT2D eigenvalue weighted by atomic mass is 16.4. The van der Waals surface area contributed by atoms with E-state index in [1.165, 1.54) is 6.21 Å². The Morgan fingerprint density at radius 2 is 2.40 bits per heavy atom. The largest absolute Gasteiger partial charge is 0.477 e. The van der Waals surface area contributed by atoms with E-state index in [2.05, 4.69) is 4.99 Å². The van der Waals surface area contributed by atoms with Crippen LogP contribution in [0.3, 0.4) is 0 Å². The molecular formula is C6H5NO3. The molecule has 1 heterocycles. The van der Waals surface area contributed by atoms with Crippen LogP contribution in [0.4, 0.5) is 0 Å². The molecule has 0 radical (unpaired) electrons. The first-order valence-electron chi connectivity index (χ1n) is 2.70. The van der Waals surface area contributed by atoms with Gasteiger partial charge in [-0.3, -0.25) is 9.79 Å². The number of ketones is 1. The molecule has 0 spiro atoms. The summed E-state index contributed by atoms with van der Waals surface area (Å²) in [6.07, 6.45) is 2.53. The molecule has 0 aromatic rings. The van der Waals surface area contributed by atoms with Gasteiger partial charge in [-0.2, -0.15) is 0 Å². The van der Waals surface area contributed by atoms with Crippen LogP contribution >= 0.6 is 0 Å². The summed E-state index contributed by atoms with van der Waals surface area (Å²) >= 11 is 0. The third-order valence-electron chi connectivity index (χ3n) is 1.04. The zero-order valence-electron chi connectivity index (χ0n) is 5.07. The van der Waals surface area contributed by atoms with Crippen LogP contribution in [-0.4, -0.2) is 23.1 Å². The molecule has 0 bridgehead atoms. The number of aliphatic imine (C=N–C) groups is 1. The Morgan fingerprint density at radius 3 is 2.80 bits per heavy atom. The zero-order valence-corrected chi connectivity index (χ0v) is 5.07. The number of allylic oxidation sites excluding steroid dienone is 1. The van der Waals surface area contributed by atoms with Crippen LogP contribution in [0.1, 0.15) is 6.42 Å². The lowest BCUT2D eigenvalue weighted by molar-refractivity contribution is -0.133. The lowest BCUT2D eigenvalue weighted by Gasteiger charge is -1.97. The summed E-state index contributed by atoms with van der Waals surface area (Å²) < 4.78 is 0. The van der Waals surface area contributed by atoms with Gasteiger partial charge in [-0.15, -0.1) is 0 Å². The summed E-state index contributed by atoms with van der Waals surface area (Å²) in [5, 5.41) is 8.32. The Hall–Kier alpha value is -1.45. The van der Waals surface area contributed by atoms with Gasteiger partial charge in [-0.05, 0) is 0 Å². The number of carbonyl (C=O) groups is 2. The van der Waals surface area contributed by atoms with Crippen molar-refractivity contribution in [3.63, 3.8) is 0 Å². The van der Waals surface area contributed by atoms with Gasteiger partial charge >= 0.3 is 5.97 Å². The molecule has 0 aromatic heterocycles. The molecule has 0 aromatic carbocycles. The fourth-order valence-electron chi connectivity index (χ4n) is 0.600. The SMILES string of the molecule is O=C1C=C(C(=O)O)N=CC1. The highest BCUT2D eigenvalue weighted by Crippen LogP contribution is 2.02. The van der Waals surface area contributed by atoms with Crippen molar-refractivity contribution in [2.75, 3.05) is 0 Å². The molecular weight excluding hydrogens is 134 g/mol. The molecule has 0 unspecified atom stereocenters. The van der Waals surface area contributed by atoms with Gasteiger partial charge in [0, 0.05) is 18.7 Å². The first kappa shape index (κ1) is 6.67. The van der Waals surface area contributed by atoms with Crippen molar-refractivity contribution >= 4 is 18.0 Å². The van der Waals surface area contributed by atoms with E-state index >= 15 is 0 Å². The van der Waals surface area contributed by atoms with Crippen LogP contribution in [0.25, 0.3) is 0 Å². The average Bonchev–Trinajstić information content (AvgIpc) is 1.88. The van der Waals surface area contributed by atoms with Crippen molar-refractivity contribution in [2.45, 2.75) is 6.42 Å².